The Morgan fingerprint density at radius 3 is 1.53 bits per heavy atom. The van der Waals surface area contributed by atoms with E-state index in [1.165, 1.54) is 12.1 Å². The van der Waals surface area contributed by atoms with Crippen LogP contribution in [0.5, 0.6) is 0 Å². The Hall–Kier alpha value is -4.80. The van der Waals surface area contributed by atoms with Crippen molar-refractivity contribution >= 4 is 67.0 Å². The molecular formula is C26H20N2O8. The SMILES string of the molecule is NCCN.O=C(O)c1c(C(=O)O)c2c(C(=O)O)ccc3c4cccc5cccc(c(c1C(=O)O)c23)c54. The molecule has 0 bridgehead atoms. The van der Waals surface area contributed by atoms with E-state index in [0.717, 1.165) is 5.39 Å². The van der Waals surface area contributed by atoms with Crippen LogP contribution in [0.15, 0.2) is 48.5 Å². The number of hydrogen-bond donors (Lipinski definition) is 6. The van der Waals surface area contributed by atoms with E-state index < -0.39 is 46.1 Å². The third-order valence-electron chi connectivity index (χ3n) is 5.96. The minimum atomic E-state index is -1.77. The summed E-state index contributed by atoms with van der Waals surface area (Å²) in [6.45, 7) is 1.19. The van der Waals surface area contributed by atoms with Crippen molar-refractivity contribution in [3.63, 3.8) is 0 Å². The number of fused-ring (bicyclic) bond motifs is 2. The molecule has 0 aliphatic rings. The van der Waals surface area contributed by atoms with Crippen LogP contribution in [-0.2, 0) is 0 Å². The van der Waals surface area contributed by atoms with Crippen molar-refractivity contribution in [1.29, 1.82) is 0 Å². The Balaban J connectivity index is 0.000000709. The van der Waals surface area contributed by atoms with Crippen LogP contribution < -0.4 is 11.5 Å². The lowest BCUT2D eigenvalue weighted by Crippen LogP contribution is -2.18. The summed E-state index contributed by atoms with van der Waals surface area (Å²) in [5.41, 5.74) is 6.88. The average Bonchev–Trinajstić information content (AvgIpc) is 2.85. The molecule has 8 N–H and O–H groups in total. The molecule has 10 nitrogen and oxygen atoms in total. The van der Waals surface area contributed by atoms with Crippen LogP contribution in [0.4, 0.5) is 0 Å². The van der Waals surface area contributed by atoms with Gasteiger partial charge in [-0.05, 0) is 33.0 Å². The van der Waals surface area contributed by atoms with Crippen molar-refractivity contribution in [2.24, 2.45) is 11.5 Å². The zero-order valence-electron chi connectivity index (χ0n) is 18.6. The molecule has 0 fully saturated rings. The van der Waals surface area contributed by atoms with Crippen LogP contribution in [0, 0.1) is 0 Å². The van der Waals surface area contributed by atoms with Crippen LogP contribution in [0.3, 0.4) is 0 Å². The van der Waals surface area contributed by atoms with E-state index in [9.17, 15) is 39.6 Å². The van der Waals surface area contributed by atoms with Gasteiger partial charge in [-0.25, -0.2) is 19.2 Å². The molecule has 0 amide bonds. The number of carboxylic acid groups (broad SMARTS) is 4. The number of carbonyl (C=O) groups is 4. The molecule has 0 aliphatic carbocycles. The summed E-state index contributed by atoms with van der Waals surface area (Å²) >= 11 is 0. The van der Waals surface area contributed by atoms with Gasteiger partial charge in [0.1, 0.15) is 0 Å². The number of nitrogens with two attached hydrogens (primary N) is 2. The first-order valence-electron chi connectivity index (χ1n) is 10.7. The van der Waals surface area contributed by atoms with Crippen LogP contribution in [-0.4, -0.2) is 57.4 Å². The summed E-state index contributed by atoms with van der Waals surface area (Å²) in [6.07, 6.45) is 0. The van der Waals surface area contributed by atoms with E-state index in [-0.39, 0.29) is 16.2 Å². The van der Waals surface area contributed by atoms with E-state index in [2.05, 4.69) is 0 Å². The zero-order valence-corrected chi connectivity index (χ0v) is 18.6. The summed E-state index contributed by atoms with van der Waals surface area (Å²) in [4.78, 5) is 48.7. The third kappa shape index (κ3) is 3.52. The molecule has 0 heterocycles. The second kappa shape index (κ2) is 9.10. The maximum atomic E-state index is 12.3. The minimum absolute atomic E-state index is 0.00250. The third-order valence-corrected chi connectivity index (χ3v) is 5.96. The van der Waals surface area contributed by atoms with Gasteiger partial charge >= 0.3 is 23.9 Å². The Kier molecular flexibility index (Phi) is 6.15. The van der Waals surface area contributed by atoms with Gasteiger partial charge in [0.15, 0.2) is 0 Å². The van der Waals surface area contributed by atoms with E-state index in [4.69, 9.17) is 11.5 Å². The Morgan fingerprint density at radius 2 is 1.03 bits per heavy atom. The highest BCUT2D eigenvalue weighted by molar-refractivity contribution is 6.40. The second-order valence-electron chi connectivity index (χ2n) is 7.92. The van der Waals surface area contributed by atoms with E-state index in [0.29, 0.717) is 34.6 Å². The number of aromatic carboxylic acids is 4. The standard InChI is InChI=1S/C24H12O8.C2H8N2/c25-21(26)13-8-7-11-10-5-1-3-9-4-2-6-12(14(9)10)16-15(11)17(13)19(23(29)30)20(24(31)32)18(16)22(27)28;3-1-2-4/h1-8H,(H,25,26)(H,27,28)(H,29,30)(H,31,32);1-4H2. The molecule has 182 valence electrons. The van der Waals surface area contributed by atoms with Crippen molar-refractivity contribution in [3.05, 3.63) is 70.8 Å². The molecule has 0 spiro atoms. The first kappa shape index (κ1) is 24.3. The number of benzene rings is 5. The van der Waals surface area contributed by atoms with Gasteiger partial charge in [0.2, 0.25) is 0 Å². The van der Waals surface area contributed by atoms with Gasteiger partial charge in [0, 0.05) is 29.2 Å². The molecule has 36 heavy (non-hydrogen) atoms. The van der Waals surface area contributed by atoms with Gasteiger partial charge in [-0.1, -0.05) is 42.5 Å². The smallest absolute Gasteiger partial charge is 0.337 e. The number of carboxylic acids is 4. The van der Waals surface area contributed by atoms with Crippen molar-refractivity contribution in [3.8, 4) is 0 Å². The molecule has 0 radical (unpaired) electrons. The Morgan fingerprint density at radius 1 is 0.528 bits per heavy atom. The fourth-order valence-corrected chi connectivity index (χ4v) is 4.71. The molecule has 5 aromatic carbocycles. The number of rotatable bonds is 5. The summed E-state index contributed by atoms with van der Waals surface area (Å²) in [5, 5.41) is 42.3. The van der Waals surface area contributed by atoms with Crippen LogP contribution in [0.2, 0.25) is 0 Å². The van der Waals surface area contributed by atoms with Crippen LogP contribution in [0.25, 0.3) is 43.1 Å². The summed E-state index contributed by atoms with van der Waals surface area (Å²) < 4.78 is 0. The Labute approximate surface area is 202 Å². The van der Waals surface area contributed by atoms with Crippen molar-refractivity contribution in [1.82, 2.24) is 0 Å². The predicted octanol–water partition coefficient (Wildman–Crippen LogP) is 3.43. The normalized spacial score (nSPS) is 11.1. The van der Waals surface area contributed by atoms with Gasteiger partial charge in [0.25, 0.3) is 0 Å². The molecule has 10 heteroatoms. The van der Waals surface area contributed by atoms with Gasteiger partial charge in [-0.3, -0.25) is 0 Å². The number of hydrogen-bond acceptors (Lipinski definition) is 6. The second-order valence-corrected chi connectivity index (χ2v) is 7.92. The van der Waals surface area contributed by atoms with Crippen molar-refractivity contribution in [2.45, 2.75) is 0 Å². The van der Waals surface area contributed by atoms with Crippen molar-refractivity contribution in [2.75, 3.05) is 13.1 Å². The molecule has 5 rings (SSSR count). The lowest BCUT2D eigenvalue weighted by atomic mass is 9.81. The average molecular weight is 488 g/mol. The topological polar surface area (TPSA) is 201 Å². The highest BCUT2D eigenvalue weighted by Gasteiger charge is 2.33. The molecule has 5 aromatic rings. The largest absolute Gasteiger partial charge is 0.478 e. The van der Waals surface area contributed by atoms with Crippen molar-refractivity contribution < 1.29 is 39.6 Å². The lowest BCUT2D eigenvalue weighted by molar-refractivity contribution is 0.0635. The highest BCUT2D eigenvalue weighted by Crippen LogP contribution is 2.45. The maximum absolute atomic E-state index is 12.3. The van der Waals surface area contributed by atoms with E-state index in [1.54, 1.807) is 24.3 Å². The Bertz CT molecular complexity index is 1720. The van der Waals surface area contributed by atoms with E-state index >= 15 is 0 Å². The monoisotopic (exact) mass is 488 g/mol. The maximum Gasteiger partial charge on any atom is 0.337 e. The quantitative estimate of drug-likeness (QED) is 0.157. The van der Waals surface area contributed by atoms with Gasteiger partial charge in [-0.15, -0.1) is 0 Å². The minimum Gasteiger partial charge on any atom is -0.478 e. The molecule has 0 aliphatic heterocycles. The van der Waals surface area contributed by atoms with Gasteiger partial charge in [-0.2, -0.15) is 0 Å². The molecule has 0 unspecified atom stereocenters. The summed E-state index contributed by atoms with van der Waals surface area (Å²) in [5.74, 6) is -6.58. The molecule has 0 saturated heterocycles. The van der Waals surface area contributed by atoms with Gasteiger partial charge in [0.05, 0.1) is 22.3 Å². The molecule has 0 saturated carbocycles. The molecular weight excluding hydrogens is 468 g/mol. The zero-order chi connectivity index (χ0) is 26.3. The first-order chi connectivity index (χ1) is 17.1. The first-order valence-corrected chi connectivity index (χ1v) is 10.7. The molecule has 0 aromatic heterocycles. The summed E-state index contributed by atoms with van der Waals surface area (Å²) in [7, 11) is 0. The summed E-state index contributed by atoms with van der Waals surface area (Å²) in [6, 6.07) is 13.2. The fraction of sp³-hybridized carbons (Fsp3) is 0.0769. The highest BCUT2D eigenvalue weighted by atomic mass is 16.4. The van der Waals surface area contributed by atoms with Gasteiger partial charge < -0.3 is 31.9 Å². The lowest BCUT2D eigenvalue weighted by Gasteiger charge is -2.20. The fourth-order valence-electron chi connectivity index (χ4n) is 4.71. The van der Waals surface area contributed by atoms with Crippen LogP contribution in [0.1, 0.15) is 41.4 Å². The van der Waals surface area contributed by atoms with E-state index in [1.807, 2.05) is 12.1 Å². The predicted molar refractivity (Wildman–Crippen MR) is 134 cm³/mol. The molecule has 0 atom stereocenters. The van der Waals surface area contributed by atoms with Crippen LogP contribution >= 0.6 is 0 Å².